The third kappa shape index (κ3) is 5.32. The number of hydrogen-bond acceptors (Lipinski definition) is 4. The lowest BCUT2D eigenvalue weighted by molar-refractivity contribution is 0.0930. The maximum Gasteiger partial charge on any atom is 0.253 e. The Labute approximate surface area is 176 Å². The quantitative estimate of drug-likeness (QED) is 0.629. The van der Waals surface area contributed by atoms with Crippen molar-refractivity contribution in [1.82, 2.24) is 15.3 Å². The van der Waals surface area contributed by atoms with Crippen molar-refractivity contribution >= 4 is 12.0 Å². The lowest BCUT2D eigenvalue weighted by atomic mass is 9.89. The van der Waals surface area contributed by atoms with Crippen molar-refractivity contribution in [2.45, 2.75) is 38.6 Å². The molecule has 0 atom stereocenters. The summed E-state index contributed by atoms with van der Waals surface area (Å²) in [4.78, 5) is 20.6. The van der Waals surface area contributed by atoms with E-state index in [-0.39, 0.29) is 11.9 Å². The molecule has 1 N–H and O–H groups in total. The number of nitrogens with zero attached hydrogens (tertiary/aromatic N) is 2. The molecule has 1 fully saturated rings. The van der Waals surface area contributed by atoms with Gasteiger partial charge in [-0.2, -0.15) is 0 Å². The number of carbonyl (C=O) groups excluding carboxylic acids is 1. The molecule has 1 aliphatic rings. The van der Waals surface area contributed by atoms with Crippen molar-refractivity contribution in [2.75, 3.05) is 0 Å². The van der Waals surface area contributed by atoms with E-state index in [0.717, 1.165) is 42.6 Å². The molecule has 0 bridgehead atoms. The van der Waals surface area contributed by atoms with Crippen LogP contribution in [0.5, 0.6) is 11.6 Å². The van der Waals surface area contributed by atoms with Gasteiger partial charge in [-0.05, 0) is 68.0 Å². The van der Waals surface area contributed by atoms with E-state index in [2.05, 4.69) is 27.4 Å². The van der Waals surface area contributed by atoms with Gasteiger partial charge in [0.1, 0.15) is 5.75 Å². The molecule has 0 unspecified atom stereocenters. The molecule has 152 valence electrons. The Morgan fingerprint density at radius 1 is 1.10 bits per heavy atom. The second-order valence-corrected chi connectivity index (χ2v) is 7.64. The highest BCUT2D eigenvalue weighted by molar-refractivity contribution is 5.94. The molecule has 1 aromatic carbocycles. The van der Waals surface area contributed by atoms with Gasteiger partial charge in [-0.15, -0.1) is 0 Å². The van der Waals surface area contributed by atoms with Crippen molar-refractivity contribution in [3.05, 3.63) is 89.4 Å². The minimum atomic E-state index is -0.0462. The highest BCUT2D eigenvalue weighted by atomic mass is 16.5. The Morgan fingerprint density at radius 2 is 1.97 bits per heavy atom. The summed E-state index contributed by atoms with van der Waals surface area (Å²) in [5, 5.41) is 3.13. The molecule has 0 aliphatic heterocycles. The summed E-state index contributed by atoms with van der Waals surface area (Å²) in [6.07, 6.45) is 11.1. The minimum absolute atomic E-state index is 0.0462. The summed E-state index contributed by atoms with van der Waals surface area (Å²) < 4.78 is 5.87. The van der Waals surface area contributed by atoms with Crippen LogP contribution in [0.3, 0.4) is 0 Å². The molecule has 1 saturated carbocycles. The fraction of sp³-hybridized carbons (Fsp3) is 0.240. The minimum Gasteiger partial charge on any atom is -0.439 e. The number of pyridine rings is 2. The molecule has 30 heavy (non-hydrogen) atoms. The number of carbonyl (C=O) groups is 1. The van der Waals surface area contributed by atoms with Gasteiger partial charge in [0.2, 0.25) is 5.88 Å². The van der Waals surface area contributed by atoms with Gasteiger partial charge in [-0.3, -0.25) is 9.78 Å². The van der Waals surface area contributed by atoms with Crippen molar-refractivity contribution in [2.24, 2.45) is 0 Å². The smallest absolute Gasteiger partial charge is 0.253 e. The Morgan fingerprint density at radius 3 is 2.70 bits per heavy atom. The van der Waals surface area contributed by atoms with Gasteiger partial charge in [-0.1, -0.05) is 29.8 Å². The van der Waals surface area contributed by atoms with Gasteiger partial charge in [0.25, 0.3) is 5.91 Å². The first-order valence-electron chi connectivity index (χ1n) is 10.3. The average molecular weight is 399 g/mol. The summed E-state index contributed by atoms with van der Waals surface area (Å²) in [6, 6.07) is 15.7. The van der Waals surface area contributed by atoms with Crippen molar-refractivity contribution < 1.29 is 9.53 Å². The first-order chi connectivity index (χ1) is 14.7. The normalized spacial score (nSPS) is 16.0. The third-order valence-electron chi connectivity index (χ3n) is 5.22. The Bertz CT molecular complexity index is 1020. The van der Waals surface area contributed by atoms with Crippen LogP contribution in [0.4, 0.5) is 0 Å². The SMILES string of the molecule is Cc1ccc(Oc2cccc(C=C3CCC(NC(=O)c4cccnc4)CC3)c2)nc1. The van der Waals surface area contributed by atoms with E-state index in [1.807, 2.05) is 37.3 Å². The molecule has 1 aliphatic carbocycles. The van der Waals surface area contributed by atoms with Crippen LogP contribution >= 0.6 is 0 Å². The van der Waals surface area contributed by atoms with E-state index in [1.165, 1.54) is 5.57 Å². The van der Waals surface area contributed by atoms with Gasteiger partial charge < -0.3 is 10.1 Å². The predicted molar refractivity (Wildman–Crippen MR) is 117 cm³/mol. The zero-order valence-electron chi connectivity index (χ0n) is 17.0. The van der Waals surface area contributed by atoms with Gasteiger partial charge in [0.05, 0.1) is 5.56 Å². The molecule has 2 heterocycles. The number of nitrogens with one attached hydrogen (secondary N) is 1. The lowest BCUT2D eigenvalue weighted by Gasteiger charge is -2.25. The second-order valence-electron chi connectivity index (χ2n) is 7.64. The molecule has 0 saturated heterocycles. The van der Waals surface area contributed by atoms with Crippen LogP contribution in [0.15, 0.2) is 72.7 Å². The molecule has 5 nitrogen and oxygen atoms in total. The standard InChI is InChI=1S/C25H25N3O2/c1-18-7-12-24(27-16-18)30-23-6-2-4-20(15-23)14-19-8-10-22(11-9-19)28-25(29)21-5-3-13-26-17-21/h2-7,12-17,22H,8-11H2,1H3,(H,28,29). The van der Waals surface area contributed by atoms with Gasteiger partial charge >= 0.3 is 0 Å². The predicted octanol–water partition coefficient (Wildman–Crippen LogP) is 5.33. The summed E-state index contributed by atoms with van der Waals surface area (Å²) >= 11 is 0. The summed E-state index contributed by atoms with van der Waals surface area (Å²) in [6.45, 7) is 2.00. The second kappa shape index (κ2) is 9.35. The van der Waals surface area contributed by atoms with Crippen LogP contribution in [0.25, 0.3) is 6.08 Å². The van der Waals surface area contributed by atoms with Gasteiger partial charge in [-0.25, -0.2) is 4.98 Å². The number of amides is 1. The first-order valence-corrected chi connectivity index (χ1v) is 10.3. The average Bonchev–Trinajstić information content (AvgIpc) is 2.78. The number of hydrogen-bond donors (Lipinski definition) is 1. The van der Waals surface area contributed by atoms with E-state index < -0.39 is 0 Å². The molecule has 2 aromatic heterocycles. The number of ether oxygens (including phenoxy) is 1. The lowest BCUT2D eigenvalue weighted by Crippen LogP contribution is -2.36. The molecule has 0 spiro atoms. The molecular weight excluding hydrogens is 374 g/mol. The van der Waals surface area contributed by atoms with E-state index in [1.54, 1.807) is 30.7 Å². The highest BCUT2D eigenvalue weighted by Gasteiger charge is 2.19. The highest BCUT2D eigenvalue weighted by Crippen LogP contribution is 2.27. The van der Waals surface area contributed by atoms with E-state index >= 15 is 0 Å². The number of aryl methyl sites for hydroxylation is 1. The third-order valence-corrected chi connectivity index (χ3v) is 5.22. The van der Waals surface area contributed by atoms with Crippen LogP contribution in [-0.4, -0.2) is 21.9 Å². The fourth-order valence-electron chi connectivity index (χ4n) is 3.58. The zero-order chi connectivity index (χ0) is 20.8. The Balaban J connectivity index is 1.34. The van der Waals surface area contributed by atoms with Crippen LogP contribution in [0.1, 0.15) is 47.2 Å². The molecule has 0 radical (unpaired) electrons. The molecule has 3 aromatic rings. The van der Waals surface area contributed by atoms with E-state index in [4.69, 9.17) is 4.74 Å². The van der Waals surface area contributed by atoms with Crippen molar-refractivity contribution in [1.29, 1.82) is 0 Å². The van der Waals surface area contributed by atoms with Gasteiger partial charge in [0, 0.05) is 30.7 Å². The first kappa shape index (κ1) is 19.8. The van der Waals surface area contributed by atoms with E-state index in [9.17, 15) is 4.79 Å². The summed E-state index contributed by atoms with van der Waals surface area (Å²) in [5.41, 5.74) is 4.23. The number of allylic oxidation sites excluding steroid dienone is 1. The number of rotatable bonds is 5. The molecule has 1 amide bonds. The van der Waals surface area contributed by atoms with Crippen LogP contribution in [-0.2, 0) is 0 Å². The Hall–Kier alpha value is -3.47. The molecule has 5 heteroatoms. The Kier molecular flexibility index (Phi) is 6.18. The van der Waals surface area contributed by atoms with E-state index in [0.29, 0.717) is 11.4 Å². The van der Waals surface area contributed by atoms with Crippen molar-refractivity contribution in [3.63, 3.8) is 0 Å². The monoisotopic (exact) mass is 399 g/mol. The summed E-state index contributed by atoms with van der Waals surface area (Å²) in [5.74, 6) is 1.32. The topological polar surface area (TPSA) is 64.1 Å². The number of benzene rings is 1. The molecular formula is C25H25N3O2. The maximum atomic E-state index is 12.3. The molecule has 4 rings (SSSR count). The fourth-order valence-corrected chi connectivity index (χ4v) is 3.58. The maximum absolute atomic E-state index is 12.3. The largest absolute Gasteiger partial charge is 0.439 e. The van der Waals surface area contributed by atoms with Crippen LogP contribution in [0, 0.1) is 6.92 Å². The van der Waals surface area contributed by atoms with Crippen LogP contribution < -0.4 is 10.1 Å². The van der Waals surface area contributed by atoms with Gasteiger partial charge in [0.15, 0.2) is 0 Å². The summed E-state index contributed by atoms with van der Waals surface area (Å²) in [7, 11) is 0. The zero-order valence-corrected chi connectivity index (χ0v) is 17.0. The van der Waals surface area contributed by atoms with Crippen LogP contribution in [0.2, 0.25) is 0 Å². The number of aromatic nitrogens is 2. The van der Waals surface area contributed by atoms with Crippen molar-refractivity contribution in [3.8, 4) is 11.6 Å².